The first-order valence-corrected chi connectivity index (χ1v) is 20.5. The van der Waals surface area contributed by atoms with Crippen LogP contribution < -0.4 is 24.3 Å². The minimum atomic E-state index is 0.107. The second-order valence-corrected chi connectivity index (χ2v) is 16.4. The Balaban J connectivity index is 1.11. The van der Waals surface area contributed by atoms with E-state index >= 15 is 0 Å². The molecular weight excluding hydrogens is 719 g/mol. The van der Waals surface area contributed by atoms with E-state index in [0.29, 0.717) is 90.8 Å². The molecule has 1 aliphatic heterocycles. The minimum absolute atomic E-state index is 0.107. The van der Waals surface area contributed by atoms with Gasteiger partial charge in [0.2, 0.25) is 0 Å². The zero-order valence-electron chi connectivity index (χ0n) is 35.2. The number of aryl methyl sites for hydroxylation is 2. The lowest BCUT2D eigenvalue weighted by Crippen LogP contribution is -2.19. The third-order valence-corrected chi connectivity index (χ3v) is 9.60. The summed E-state index contributed by atoms with van der Waals surface area (Å²) < 4.78 is 46.9. The maximum atomic E-state index is 6.12. The molecule has 9 nitrogen and oxygen atoms in total. The normalized spacial score (nSPS) is 16.0. The molecule has 5 rings (SSSR count). The molecule has 0 radical (unpaired) electrons. The quantitative estimate of drug-likeness (QED) is 0.198. The van der Waals surface area contributed by atoms with Crippen molar-refractivity contribution in [2.45, 2.75) is 78.3 Å². The van der Waals surface area contributed by atoms with Gasteiger partial charge in [-0.3, -0.25) is 0 Å². The van der Waals surface area contributed by atoms with Gasteiger partial charge in [-0.25, -0.2) is 0 Å². The highest BCUT2D eigenvalue weighted by molar-refractivity contribution is 5.41. The van der Waals surface area contributed by atoms with E-state index in [1.54, 1.807) is 0 Å². The number of nitrogens with one attached hydrogen (secondary N) is 1. The van der Waals surface area contributed by atoms with E-state index < -0.39 is 0 Å². The van der Waals surface area contributed by atoms with Gasteiger partial charge in [0.15, 0.2) is 11.5 Å². The first-order chi connectivity index (χ1) is 27.5. The summed E-state index contributed by atoms with van der Waals surface area (Å²) in [4.78, 5) is 0. The summed E-state index contributed by atoms with van der Waals surface area (Å²) in [6, 6.07) is 29.7. The van der Waals surface area contributed by atoms with Gasteiger partial charge < -0.3 is 43.2 Å². The summed E-state index contributed by atoms with van der Waals surface area (Å²) in [5, 5.41) is 3.68. The van der Waals surface area contributed by atoms with E-state index in [1.165, 1.54) is 27.8 Å². The first kappa shape index (κ1) is 44.0. The fourth-order valence-electron chi connectivity index (χ4n) is 6.26. The summed E-state index contributed by atoms with van der Waals surface area (Å²) in [7, 11) is 0. The highest BCUT2D eigenvalue weighted by Gasteiger charge is 2.20. The molecular formula is C48H65NO8. The molecule has 1 N–H and O–H groups in total. The van der Waals surface area contributed by atoms with Crippen molar-refractivity contribution in [1.29, 1.82) is 0 Å². The van der Waals surface area contributed by atoms with Crippen LogP contribution in [0.5, 0.6) is 23.0 Å². The van der Waals surface area contributed by atoms with Gasteiger partial charge in [-0.15, -0.1) is 0 Å². The molecule has 310 valence electrons. The highest BCUT2D eigenvalue weighted by Crippen LogP contribution is 2.31. The zero-order chi connectivity index (χ0) is 40.4. The molecule has 0 spiro atoms. The maximum absolute atomic E-state index is 6.12. The second kappa shape index (κ2) is 22.7. The Bertz CT molecular complexity index is 1670. The lowest BCUT2D eigenvalue weighted by Gasteiger charge is -2.26. The zero-order valence-corrected chi connectivity index (χ0v) is 35.2. The molecule has 57 heavy (non-hydrogen) atoms. The van der Waals surface area contributed by atoms with Crippen LogP contribution in [0.25, 0.3) is 0 Å². The number of ether oxygens (including phenoxy) is 8. The monoisotopic (exact) mass is 783 g/mol. The lowest BCUT2D eigenvalue weighted by molar-refractivity contribution is 0.0253. The Morgan fingerprint density at radius 1 is 0.404 bits per heavy atom. The van der Waals surface area contributed by atoms with Crippen molar-refractivity contribution >= 4 is 0 Å². The van der Waals surface area contributed by atoms with Crippen molar-refractivity contribution in [2.75, 3.05) is 79.3 Å². The summed E-state index contributed by atoms with van der Waals surface area (Å²) in [5.41, 5.74) is 8.02. The number of rotatable bonds is 7. The molecule has 0 saturated heterocycles. The van der Waals surface area contributed by atoms with Crippen LogP contribution >= 0.6 is 0 Å². The Morgan fingerprint density at radius 3 is 1.28 bits per heavy atom. The molecule has 4 aromatic carbocycles. The van der Waals surface area contributed by atoms with Crippen molar-refractivity contribution in [3.05, 3.63) is 118 Å². The van der Waals surface area contributed by atoms with Gasteiger partial charge in [0.05, 0.1) is 52.9 Å². The highest BCUT2D eigenvalue weighted by atomic mass is 16.6. The predicted octanol–water partition coefficient (Wildman–Crippen LogP) is 8.65. The molecule has 1 aliphatic rings. The number of hydrogen-bond donors (Lipinski definition) is 1. The van der Waals surface area contributed by atoms with E-state index in [2.05, 4.69) is 101 Å². The third-order valence-electron chi connectivity index (χ3n) is 9.60. The number of para-hydroxylation sites is 2. The van der Waals surface area contributed by atoms with Crippen molar-refractivity contribution in [2.24, 2.45) is 0 Å². The summed E-state index contributed by atoms with van der Waals surface area (Å²) in [6.07, 6.45) is 1.76. The van der Waals surface area contributed by atoms with E-state index in [1.807, 2.05) is 30.3 Å². The molecule has 1 heterocycles. The summed E-state index contributed by atoms with van der Waals surface area (Å²) in [5.74, 6) is 2.87. The molecule has 0 unspecified atom stereocenters. The van der Waals surface area contributed by atoms with Gasteiger partial charge in [0, 0.05) is 19.2 Å². The lowest BCUT2D eigenvalue weighted by atomic mass is 9.79. The fraction of sp³-hybridized carbons (Fsp3) is 0.500. The Labute approximate surface area is 341 Å². The average molecular weight is 784 g/mol. The molecule has 0 saturated carbocycles. The van der Waals surface area contributed by atoms with E-state index in [-0.39, 0.29) is 10.8 Å². The standard InChI is InChI=1S/C48H65NO8/c1-47(2,3)41-29-40(30-42(33-41)48(4,5)6)36-49-35-38-14-11-37(12-15-38)13-16-39-31-43-34-44(32-39)55-26-22-51-18-20-53-24-28-57-46-10-8-7-9-45(46)56-27-23-52-19-17-50-21-25-54-43/h7-12,14-15,29-34,49H,13,16-28,35-36H2,1-6H3. The smallest absolute Gasteiger partial charge is 0.161 e. The minimum Gasteiger partial charge on any atom is -0.491 e. The number of fused-ring (bicyclic) bond motifs is 3. The molecule has 0 atom stereocenters. The third kappa shape index (κ3) is 16.0. The van der Waals surface area contributed by atoms with Gasteiger partial charge in [-0.05, 0) is 81.3 Å². The molecule has 4 aromatic rings. The second-order valence-electron chi connectivity index (χ2n) is 16.4. The van der Waals surface area contributed by atoms with Gasteiger partial charge in [0.1, 0.15) is 37.9 Å². The van der Waals surface area contributed by atoms with Crippen LogP contribution in [0.15, 0.2) is 84.9 Å². The van der Waals surface area contributed by atoms with Crippen LogP contribution in [-0.2, 0) is 55.7 Å². The molecule has 2 bridgehead atoms. The van der Waals surface area contributed by atoms with Crippen LogP contribution in [-0.4, -0.2) is 79.3 Å². The van der Waals surface area contributed by atoms with E-state index in [4.69, 9.17) is 37.9 Å². The van der Waals surface area contributed by atoms with Crippen LogP contribution in [0.1, 0.15) is 74.9 Å². The van der Waals surface area contributed by atoms with Gasteiger partial charge in [-0.2, -0.15) is 0 Å². The Morgan fingerprint density at radius 2 is 0.807 bits per heavy atom. The summed E-state index contributed by atoms with van der Waals surface area (Å²) in [6.45, 7) is 20.7. The maximum Gasteiger partial charge on any atom is 0.161 e. The molecule has 0 fully saturated rings. The van der Waals surface area contributed by atoms with Crippen molar-refractivity contribution in [3.63, 3.8) is 0 Å². The Kier molecular flexibility index (Phi) is 17.5. The van der Waals surface area contributed by atoms with Crippen LogP contribution in [0.2, 0.25) is 0 Å². The Hall–Kier alpha value is -4.12. The molecule has 0 amide bonds. The first-order valence-electron chi connectivity index (χ1n) is 20.5. The van der Waals surface area contributed by atoms with Crippen LogP contribution in [0, 0.1) is 0 Å². The van der Waals surface area contributed by atoms with Crippen molar-refractivity contribution < 1.29 is 37.9 Å². The van der Waals surface area contributed by atoms with Gasteiger partial charge >= 0.3 is 0 Å². The van der Waals surface area contributed by atoms with Gasteiger partial charge in [0.25, 0.3) is 0 Å². The predicted molar refractivity (Wildman–Crippen MR) is 226 cm³/mol. The SMILES string of the molecule is CC(C)(C)c1cc(CNCc2ccc(CCc3cc4cc(c3)OCCOCCOCCOc3ccccc3OCCOCCOCCO4)cc2)cc(C(C)(C)C)c1. The number of benzene rings is 4. The van der Waals surface area contributed by atoms with E-state index in [0.717, 1.165) is 43.0 Å². The van der Waals surface area contributed by atoms with Crippen molar-refractivity contribution in [1.82, 2.24) is 5.32 Å². The average Bonchev–Trinajstić information content (AvgIpc) is 3.18. The van der Waals surface area contributed by atoms with Crippen LogP contribution in [0.4, 0.5) is 0 Å². The topological polar surface area (TPSA) is 85.9 Å². The van der Waals surface area contributed by atoms with E-state index in [9.17, 15) is 0 Å². The molecule has 0 aromatic heterocycles. The van der Waals surface area contributed by atoms with Gasteiger partial charge in [-0.1, -0.05) is 96.1 Å². The van der Waals surface area contributed by atoms with Crippen molar-refractivity contribution in [3.8, 4) is 23.0 Å². The molecule has 0 aliphatic carbocycles. The largest absolute Gasteiger partial charge is 0.491 e. The fourth-order valence-corrected chi connectivity index (χ4v) is 6.26. The van der Waals surface area contributed by atoms with Crippen LogP contribution in [0.3, 0.4) is 0 Å². The number of hydrogen-bond acceptors (Lipinski definition) is 9. The summed E-state index contributed by atoms with van der Waals surface area (Å²) >= 11 is 0. The molecule has 9 heteroatoms.